The highest BCUT2D eigenvalue weighted by Gasteiger charge is 2.60. The Hall–Kier alpha value is -0.120. The summed E-state index contributed by atoms with van der Waals surface area (Å²) in [7, 11) is 0. The van der Waals surface area contributed by atoms with Crippen LogP contribution in [0.5, 0.6) is 0 Å². The molecule has 2 aliphatic carbocycles. The van der Waals surface area contributed by atoms with E-state index >= 15 is 0 Å². The highest BCUT2D eigenvalue weighted by atomic mass is 16.3. The zero-order valence-corrected chi connectivity index (χ0v) is 11.9. The Labute approximate surface area is 110 Å². The van der Waals surface area contributed by atoms with Crippen molar-refractivity contribution in [1.29, 1.82) is 0 Å². The SMILES string of the molecule is CC(C)[C@@]1(O)[C@@H]2CC[C@H](CO)CC[C@@]2(C)C[C@@H]1O. The standard InChI is InChI=1S/C15H28O3/c1-10(2)15(18)12-5-4-11(9-16)6-7-14(12,3)8-13(15)17/h10-13,16-18H,4-9H2,1-3H3/t11-,12+,13-,14-,15+/m0/s1. The minimum atomic E-state index is -0.945. The predicted molar refractivity (Wildman–Crippen MR) is 71.1 cm³/mol. The lowest BCUT2D eigenvalue weighted by molar-refractivity contribution is -0.121. The van der Waals surface area contributed by atoms with Gasteiger partial charge in [0.2, 0.25) is 0 Å². The summed E-state index contributed by atoms with van der Waals surface area (Å²) in [6, 6.07) is 0. The Morgan fingerprint density at radius 1 is 1.22 bits per heavy atom. The Kier molecular flexibility index (Phi) is 3.79. The molecule has 0 unspecified atom stereocenters. The molecule has 0 aromatic heterocycles. The van der Waals surface area contributed by atoms with Crippen LogP contribution in [-0.4, -0.2) is 33.6 Å². The van der Waals surface area contributed by atoms with E-state index in [1.807, 2.05) is 13.8 Å². The van der Waals surface area contributed by atoms with Crippen molar-refractivity contribution in [2.45, 2.75) is 64.6 Å². The Bertz CT molecular complexity index is 304. The fourth-order valence-electron chi connectivity index (χ4n) is 4.44. The monoisotopic (exact) mass is 256 g/mol. The Morgan fingerprint density at radius 3 is 2.44 bits per heavy atom. The second kappa shape index (κ2) is 4.77. The summed E-state index contributed by atoms with van der Waals surface area (Å²) in [6.07, 6.45) is 4.02. The lowest BCUT2D eigenvalue weighted by Crippen LogP contribution is -2.49. The zero-order chi connectivity index (χ0) is 13.6. The summed E-state index contributed by atoms with van der Waals surface area (Å²) >= 11 is 0. The van der Waals surface area contributed by atoms with E-state index in [-0.39, 0.29) is 23.9 Å². The molecule has 0 saturated heterocycles. The topological polar surface area (TPSA) is 60.7 Å². The summed E-state index contributed by atoms with van der Waals surface area (Å²) < 4.78 is 0. The molecule has 5 atom stereocenters. The van der Waals surface area contributed by atoms with Gasteiger partial charge in [-0.2, -0.15) is 0 Å². The maximum atomic E-state index is 11.0. The average molecular weight is 256 g/mol. The lowest BCUT2D eigenvalue weighted by atomic mass is 9.69. The minimum absolute atomic E-state index is 0.0301. The summed E-state index contributed by atoms with van der Waals surface area (Å²) in [5.41, 5.74) is -0.915. The third kappa shape index (κ3) is 2.00. The summed E-state index contributed by atoms with van der Waals surface area (Å²) in [4.78, 5) is 0. The van der Waals surface area contributed by atoms with Crippen LogP contribution >= 0.6 is 0 Å². The average Bonchev–Trinajstić information content (AvgIpc) is 2.44. The molecule has 0 aromatic carbocycles. The summed E-state index contributed by atoms with van der Waals surface area (Å²) in [5.74, 6) is 0.613. The Balaban J connectivity index is 2.27. The van der Waals surface area contributed by atoms with Gasteiger partial charge in [0.25, 0.3) is 0 Å². The van der Waals surface area contributed by atoms with Crippen molar-refractivity contribution >= 4 is 0 Å². The van der Waals surface area contributed by atoms with Gasteiger partial charge in [-0.25, -0.2) is 0 Å². The van der Waals surface area contributed by atoms with E-state index in [2.05, 4.69) is 6.92 Å². The predicted octanol–water partition coefficient (Wildman–Crippen LogP) is 1.94. The molecule has 0 aliphatic heterocycles. The van der Waals surface area contributed by atoms with Crippen LogP contribution < -0.4 is 0 Å². The van der Waals surface area contributed by atoms with Gasteiger partial charge in [0.05, 0.1) is 11.7 Å². The van der Waals surface area contributed by atoms with Gasteiger partial charge < -0.3 is 15.3 Å². The van der Waals surface area contributed by atoms with Crippen molar-refractivity contribution in [3.63, 3.8) is 0 Å². The summed E-state index contributed by atoms with van der Waals surface area (Å²) in [5, 5.41) is 30.6. The summed E-state index contributed by atoms with van der Waals surface area (Å²) in [6.45, 7) is 6.47. The maximum absolute atomic E-state index is 11.0. The third-order valence-corrected chi connectivity index (χ3v) is 5.76. The van der Waals surface area contributed by atoms with Gasteiger partial charge >= 0.3 is 0 Å². The van der Waals surface area contributed by atoms with Gasteiger partial charge in [-0.05, 0) is 55.3 Å². The quantitative estimate of drug-likeness (QED) is 0.707. The highest BCUT2D eigenvalue weighted by Crippen LogP contribution is 2.58. The second-order valence-electron chi connectivity index (χ2n) is 7.13. The van der Waals surface area contributed by atoms with Crippen LogP contribution in [0, 0.1) is 23.2 Å². The van der Waals surface area contributed by atoms with Crippen molar-refractivity contribution in [3.8, 4) is 0 Å². The molecule has 0 heterocycles. The molecular weight excluding hydrogens is 228 g/mol. The molecule has 18 heavy (non-hydrogen) atoms. The molecule has 2 fully saturated rings. The molecule has 0 radical (unpaired) electrons. The number of aliphatic hydroxyl groups is 3. The van der Waals surface area contributed by atoms with Gasteiger partial charge in [0, 0.05) is 6.61 Å². The van der Waals surface area contributed by atoms with E-state index in [0.29, 0.717) is 12.3 Å². The number of hydrogen-bond donors (Lipinski definition) is 3. The molecule has 2 aliphatic rings. The third-order valence-electron chi connectivity index (χ3n) is 5.76. The molecule has 0 spiro atoms. The molecule has 0 amide bonds. The number of aliphatic hydroxyl groups excluding tert-OH is 2. The zero-order valence-electron chi connectivity index (χ0n) is 11.9. The number of hydrogen-bond acceptors (Lipinski definition) is 3. The van der Waals surface area contributed by atoms with Gasteiger partial charge in [-0.1, -0.05) is 20.8 Å². The first kappa shape index (κ1) is 14.3. The normalized spacial score (nSPS) is 49.2. The molecule has 2 rings (SSSR count). The maximum Gasteiger partial charge on any atom is 0.0961 e. The fourth-order valence-corrected chi connectivity index (χ4v) is 4.44. The molecule has 0 aromatic rings. The van der Waals surface area contributed by atoms with Gasteiger partial charge in [0.15, 0.2) is 0 Å². The van der Waals surface area contributed by atoms with E-state index in [4.69, 9.17) is 0 Å². The van der Waals surface area contributed by atoms with Gasteiger partial charge in [-0.3, -0.25) is 0 Å². The highest BCUT2D eigenvalue weighted by molar-refractivity contribution is 5.10. The van der Waals surface area contributed by atoms with Crippen LogP contribution in [0.25, 0.3) is 0 Å². The smallest absolute Gasteiger partial charge is 0.0961 e. The molecule has 3 nitrogen and oxygen atoms in total. The van der Waals surface area contributed by atoms with Crippen LogP contribution in [0.4, 0.5) is 0 Å². The van der Waals surface area contributed by atoms with Crippen LogP contribution in [0.2, 0.25) is 0 Å². The largest absolute Gasteiger partial charge is 0.396 e. The van der Waals surface area contributed by atoms with E-state index in [0.717, 1.165) is 25.7 Å². The van der Waals surface area contributed by atoms with Gasteiger partial charge in [-0.15, -0.1) is 0 Å². The molecule has 3 heteroatoms. The van der Waals surface area contributed by atoms with Crippen LogP contribution in [0.3, 0.4) is 0 Å². The second-order valence-corrected chi connectivity index (χ2v) is 7.13. The Morgan fingerprint density at radius 2 is 1.89 bits per heavy atom. The van der Waals surface area contributed by atoms with E-state index in [1.165, 1.54) is 0 Å². The van der Waals surface area contributed by atoms with Gasteiger partial charge in [0.1, 0.15) is 0 Å². The van der Waals surface area contributed by atoms with Crippen LogP contribution in [-0.2, 0) is 0 Å². The van der Waals surface area contributed by atoms with E-state index in [9.17, 15) is 15.3 Å². The molecular formula is C15H28O3. The van der Waals surface area contributed by atoms with Crippen molar-refractivity contribution in [3.05, 3.63) is 0 Å². The molecule has 106 valence electrons. The van der Waals surface area contributed by atoms with Crippen LogP contribution in [0.1, 0.15) is 52.9 Å². The molecule has 0 bridgehead atoms. The lowest BCUT2D eigenvalue weighted by Gasteiger charge is -2.40. The van der Waals surface area contributed by atoms with Crippen molar-refractivity contribution in [1.82, 2.24) is 0 Å². The first-order chi connectivity index (χ1) is 8.34. The molecule has 3 N–H and O–H groups in total. The number of rotatable bonds is 2. The van der Waals surface area contributed by atoms with Crippen molar-refractivity contribution in [2.24, 2.45) is 23.2 Å². The van der Waals surface area contributed by atoms with E-state index < -0.39 is 11.7 Å². The van der Waals surface area contributed by atoms with E-state index in [1.54, 1.807) is 0 Å². The minimum Gasteiger partial charge on any atom is -0.396 e. The first-order valence-corrected chi connectivity index (χ1v) is 7.36. The van der Waals surface area contributed by atoms with Crippen LogP contribution in [0.15, 0.2) is 0 Å². The van der Waals surface area contributed by atoms with Crippen molar-refractivity contribution in [2.75, 3.05) is 6.61 Å². The fraction of sp³-hybridized carbons (Fsp3) is 1.00. The molecule has 2 saturated carbocycles. The number of fused-ring (bicyclic) bond motifs is 1. The van der Waals surface area contributed by atoms with Crippen molar-refractivity contribution < 1.29 is 15.3 Å². The first-order valence-electron chi connectivity index (χ1n) is 7.36.